The van der Waals surface area contributed by atoms with Crippen LogP contribution in [0.15, 0.2) is 40.1 Å². The zero-order chi connectivity index (χ0) is 11.4. The summed E-state index contributed by atoms with van der Waals surface area (Å²) in [6.45, 7) is 0.248. The summed E-state index contributed by atoms with van der Waals surface area (Å²) in [5.74, 6) is 0.261. The second kappa shape index (κ2) is 4.80. The quantitative estimate of drug-likeness (QED) is 0.786. The van der Waals surface area contributed by atoms with Crippen molar-refractivity contribution in [1.29, 1.82) is 0 Å². The average Bonchev–Trinajstić information content (AvgIpc) is 2.80. The predicted octanol–water partition coefficient (Wildman–Crippen LogP) is 1.29. The highest BCUT2D eigenvalue weighted by Crippen LogP contribution is 2.07. The number of hydrogen-bond acceptors (Lipinski definition) is 5. The highest BCUT2D eigenvalue weighted by molar-refractivity contribution is 7.80. The Labute approximate surface area is 97.3 Å². The first-order chi connectivity index (χ1) is 7.75. The Morgan fingerprint density at radius 3 is 2.75 bits per heavy atom. The molecule has 0 fully saturated rings. The van der Waals surface area contributed by atoms with E-state index in [-0.39, 0.29) is 12.5 Å². The number of aromatic nitrogens is 2. The van der Waals surface area contributed by atoms with Crippen molar-refractivity contribution in [3.63, 3.8) is 0 Å². The van der Waals surface area contributed by atoms with Gasteiger partial charge >= 0.3 is 0 Å². The van der Waals surface area contributed by atoms with Gasteiger partial charge in [0.15, 0.2) is 5.82 Å². The number of nitrogens with zero attached hydrogens (tertiary/aromatic N) is 2. The van der Waals surface area contributed by atoms with Crippen LogP contribution in [0.25, 0.3) is 0 Å². The Kier molecular flexibility index (Phi) is 3.21. The van der Waals surface area contributed by atoms with Crippen molar-refractivity contribution in [1.82, 2.24) is 15.5 Å². The molecule has 1 N–H and O–H groups in total. The molecule has 82 valence electrons. The van der Waals surface area contributed by atoms with Crippen molar-refractivity contribution in [2.45, 2.75) is 11.4 Å². The van der Waals surface area contributed by atoms with Crippen molar-refractivity contribution in [3.05, 3.63) is 42.0 Å². The van der Waals surface area contributed by atoms with E-state index in [1.165, 1.54) is 6.39 Å². The molecule has 0 unspecified atom stereocenters. The summed E-state index contributed by atoms with van der Waals surface area (Å²) in [6.07, 6.45) is 1.22. The minimum absolute atomic E-state index is 0.182. The van der Waals surface area contributed by atoms with Crippen molar-refractivity contribution in [2.24, 2.45) is 0 Å². The molecule has 0 radical (unpaired) electrons. The molecule has 2 rings (SSSR count). The van der Waals surface area contributed by atoms with Crippen LogP contribution < -0.4 is 5.32 Å². The number of thiol groups is 1. The summed E-state index contributed by atoms with van der Waals surface area (Å²) in [5.41, 5.74) is 0.571. The summed E-state index contributed by atoms with van der Waals surface area (Å²) in [7, 11) is 0. The van der Waals surface area contributed by atoms with Crippen LogP contribution in [0.3, 0.4) is 0 Å². The van der Waals surface area contributed by atoms with E-state index in [1.807, 2.05) is 0 Å². The highest BCUT2D eigenvalue weighted by atomic mass is 32.1. The topological polar surface area (TPSA) is 68.0 Å². The van der Waals surface area contributed by atoms with E-state index < -0.39 is 0 Å². The fraction of sp³-hybridized carbons (Fsp3) is 0.100. The fourth-order valence-electron chi connectivity index (χ4n) is 1.14. The lowest BCUT2D eigenvalue weighted by molar-refractivity contribution is 0.0949. The third-order valence-electron chi connectivity index (χ3n) is 1.94. The molecule has 0 saturated carbocycles. The van der Waals surface area contributed by atoms with Crippen molar-refractivity contribution < 1.29 is 9.32 Å². The summed E-state index contributed by atoms with van der Waals surface area (Å²) < 4.78 is 4.55. The summed E-state index contributed by atoms with van der Waals surface area (Å²) >= 11 is 4.14. The largest absolute Gasteiger partial charge is 0.345 e. The third kappa shape index (κ3) is 2.60. The van der Waals surface area contributed by atoms with Gasteiger partial charge in [0.1, 0.15) is 0 Å². The number of nitrogens with one attached hydrogen (secondary N) is 1. The number of carbonyl (C=O) groups excluding carboxylic acids is 1. The van der Waals surface area contributed by atoms with Crippen LogP contribution in [-0.4, -0.2) is 16.0 Å². The number of rotatable bonds is 3. The van der Waals surface area contributed by atoms with Crippen LogP contribution in [0.5, 0.6) is 0 Å². The number of hydrogen-bond donors (Lipinski definition) is 2. The van der Waals surface area contributed by atoms with Crippen LogP contribution in [0.2, 0.25) is 0 Å². The maximum absolute atomic E-state index is 11.6. The standard InChI is InChI=1S/C10H9N3O2S/c14-10(7-1-3-8(16)4-2-7)11-5-9-12-6-15-13-9/h1-4,6,16H,5H2,(H,11,14). The lowest BCUT2D eigenvalue weighted by Gasteiger charge is -2.02. The molecule has 6 heteroatoms. The van der Waals surface area contributed by atoms with Gasteiger partial charge in [-0.2, -0.15) is 4.98 Å². The van der Waals surface area contributed by atoms with Gasteiger partial charge in [-0.3, -0.25) is 4.79 Å². The molecule has 0 saturated heterocycles. The molecule has 0 aliphatic rings. The van der Waals surface area contributed by atoms with Crippen molar-refractivity contribution in [3.8, 4) is 0 Å². The van der Waals surface area contributed by atoms with Gasteiger partial charge in [0.05, 0.1) is 6.54 Å². The SMILES string of the molecule is O=C(NCc1ncon1)c1ccc(S)cc1. The van der Waals surface area contributed by atoms with E-state index in [4.69, 9.17) is 0 Å². The summed E-state index contributed by atoms with van der Waals surface area (Å²) in [6, 6.07) is 6.92. The van der Waals surface area contributed by atoms with Gasteiger partial charge in [-0.15, -0.1) is 12.6 Å². The lowest BCUT2D eigenvalue weighted by atomic mass is 10.2. The van der Waals surface area contributed by atoms with Gasteiger partial charge in [0.2, 0.25) is 6.39 Å². The van der Waals surface area contributed by atoms with E-state index in [9.17, 15) is 4.79 Å². The van der Waals surface area contributed by atoms with Gasteiger partial charge in [0.25, 0.3) is 5.91 Å². The molecule has 0 bridgehead atoms. The monoisotopic (exact) mass is 235 g/mol. The zero-order valence-electron chi connectivity index (χ0n) is 8.25. The molecule has 0 aliphatic carbocycles. The molecular formula is C10H9N3O2S. The molecule has 1 heterocycles. The maximum Gasteiger partial charge on any atom is 0.251 e. The molecule has 0 aliphatic heterocycles. The van der Waals surface area contributed by atoms with Crippen LogP contribution >= 0.6 is 12.6 Å². The summed E-state index contributed by atoms with van der Waals surface area (Å²) in [5, 5.41) is 6.25. The van der Waals surface area contributed by atoms with Gasteiger partial charge < -0.3 is 9.84 Å². The minimum atomic E-state index is -0.182. The smallest absolute Gasteiger partial charge is 0.251 e. The molecule has 1 amide bonds. The Balaban J connectivity index is 1.95. The van der Waals surface area contributed by atoms with E-state index in [1.54, 1.807) is 24.3 Å². The normalized spacial score (nSPS) is 10.1. The van der Waals surface area contributed by atoms with E-state index in [0.29, 0.717) is 11.4 Å². The predicted molar refractivity (Wildman–Crippen MR) is 59.2 cm³/mol. The number of benzene rings is 1. The second-order valence-corrected chi connectivity index (χ2v) is 3.59. The number of amides is 1. The van der Waals surface area contributed by atoms with Gasteiger partial charge in [-0.25, -0.2) is 0 Å². The molecule has 2 aromatic rings. The first-order valence-corrected chi connectivity index (χ1v) is 5.03. The minimum Gasteiger partial charge on any atom is -0.345 e. The number of carbonyl (C=O) groups is 1. The molecule has 1 aromatic heterocycles. The molecule has 0 spiro atoms. The maximum atomic E-state index is 11.6. The van der Waals surface area contributed by atoms with Crippen LogP contribution in [0.1, 0.15) is 16.2 Å². The van der Waals surface area contributed by atoms with Gasteiger partial charge in [-0.1, -0.05) is 5.16 Å². The van der Waals surface area contributed by atoms with Crippen molar-refractivity contribution in [2.75, 3.05) is 0 Å². The van der Waals surface area contributed by atoms with Crippen LogP contribution in [0.4, 0.5) is 0 Å². The van der Waals surface area contributed by atoms with Crippen molar-refractivity contribution >= 4 is 18.5 Å². The van der Waals surface area contributed by atoms with E-state index >= 15 is 0 Å². The molecular weight excluding hydrogens is 226 g/mol. The van der Waals surface area contributed by atoms with Gasteiger partial charge in [0, 0.05) is 10.5 Å². The first-order valence-electron chi connectivity index (χ1n) is 4.58. The second-order valence-electron chi connectivity index (χ2n) is 3.08. The summed E-state index contributed by atoms with van der Waals surface area (Å²) in [4.78, 5) is 16.2. The fourth-order valence-corrected chi connectivity index (χ4v) is 1.29. The van der Waals surface area contributed by atoms with Crippen LogP contribution in [-0.2, 0) is 6.54 Å². The average molecular weight is 235 g/mol. The first kappa shape index (κ1) is 10.7. The highest BCUT2D eigenvalue weighted by Gasteiger charge is 2.06. The lowest BCUT2D eigenvalue weighted by Crippen LogP contribution is -2.23. The Morgan fingerprint density at radius 2 is 2.12 bits per heavy atom. The molecule has 5 nitrogen and oxygen atoms in total. The molecule has 16 heavy (non-hydrogen) atoms. The van der Waals surface area contributed by atoms with Crippen LogP contribution in [0, 0.1) is 0 Å². The Bertz CT molecular complexity index is 467. The zero-order valence-corrected chi connectivity index (χ0v) is 9.15. The van der Waals surface area contributed by atoms with Gasteiger partial charge in [-0.05, 0) is 24.3 Å². The molecule has 1 aromatic carbocycles. The third-order valence-corrected chi connectivity index (χ3v) is 2.24. The van der Waals surface area contributed by atoms with E-state index in [0.717, 1.165) is 4.90 Å². The Hall–Kier alpha value is -1.82. The Morgan fingerprint density at radius 1 is 1.38 bits per heavy atom. The van der Waals surface area contributed by atoms with E-state index in [2.05, 4.69) is 32.6 Å². The molecule has 0 atom stereocenters.